The maximum Gasteiger partial charge on any atom is 0.152 e. The van der Waals surface area contributed by atoms with Crippen LogP contribution in [0.4, 0.5) is 5.69 Å². The number of sulfone groups is 1. The summed E-state index contributed by atoms with van der Waals surface area (Å²) in [5.74, 6) is 0.344. The SMILES string of the molecule is N#Cc1ccc(Cl)cc1N1CCCS(=O)(=O)CC1. The molecule has 0 aliphatic carbocycles. The van der Waals surface area contributed by atoms with Gasteiger partial charge in [0.2, 0.25) is 0 Å². The monoisotopic (exact) mass is 284 g/mol. The first-order valence-electron chi connectivity index (χ1n) is 5.67. The molecule has 1 fully saturated rings. The Bertz CT molecular complexity index is 593. The lowest BCUT2D eigenvalue weighted by Gasteiger charge is -2.23. The van der Waals surface area contributed by atoms with Crippen LogP contribution in [-0.2, 0) is 9.84 Å². The molecule has 4 nitrogen and oxygen atoms in total. The first kappa shape index (κ1) is 13.2. The van der Waals surface area contributed by atoms with E-state index in [9.17, 15) is 8.42 Å². The largest absolute Gasteiger partial charge is 0.369 e. The summed E-state index contributed by atoms with van der Waals surface area (Å²) in [6.07, 6.45) is 0.583. The Hall–Kier alpha value is -1.25. The summed E-state index contributed by atoms with van der Waals surface area (Å²) >= 11 is 5.94. The number of halogens is 1. The zero-order valence-corrected chi connectivity index (χ0v) is 11.3. The summed E-state index contributed by atoms with van der Waals surface area (Å²) in [5.41, 5.74) is 1.25. The van der Waals surface area contributed by atoms with E-state index >= 15 is 0 Å². The van der Waals surface area contributed by atoms with E-state index in [1.807, 2.05) is 4.90 Å². The molecule has 0 atom stereocenters. The molecule has 0 saturated carbocycles. The normalized spacial score (nSPS) is 19.0. The molecule has 1 aliphatic rings. The van der Waals surface area contributed by atoms with Crippen LogP contribution in [0.15, 0.2) is 18.2 Å². The molecule has 0 spiro atoms. The second-order valence-corrected chi connectivity index (χ2v) is 7.01. The van der Waals surface area contributed by atoms with E-state index in [0.29, 0.717) is 30.1 Å². The number of hydrogen-bond donors (Lipinski definition) is 0. The smallest absolute Gasteiger partial charge is 0.152 e. The van der Waals surface area contributed by atoms with Gasteiger partial charge >= 0.3 is 0 Å². The van der Waals surface area contributed by atoms with Gasteiger partial charge in [-0.3, -0.25) is 0 Å². The second-order valence-electron chi connectivity index (χ2n) is 4.27. The first-order valence-corrected chi connectivity index (χ1v) is 7.87. The van der Waals surface area contributed by atoms with Gasteiger partial charge in [-0.2, -0.15) is 5.26 Å². The van der Waals surface area contributed by atoms with E-state index in [1.165, 1.54) is 0 Å². The Balaban J connectivity index is 2.32. The Morgan fingerprint density at radius 3 is 2.78 bits per heavy atom. The van der Waals surface area contributed by atoms with Gasteiger partial charge in [0.15, 0.2) is 9.84 Å². The highest BCUT2D eigenvalue weighted by molar-refractivity contribution is 7.91. The summed E-state index contributed by atoms with van der Waals surface area (Å²) in [6, 6.07) is 7.16. The molecule has 1 aromatic carbocycles. The van der Waals surface area contributed by atoms with Crippen LogP contribution in [0.25, 0.3) is 0 Å². The minimum absolute atomic E-state index is 0.129. The van der Waals surface area contributed by atoms with Gasteiger partial charge in [0, 0.05) is 18.1 Å². The summed E-state index contributed by atoms with van der Waals surface area (Å²) in [7, 11) is -2.95. The van der Waals surface area contributed by atoms with E-state index in [-0.39, 0.29) is 11.5 Å². The molecule has 96 valence electrons. The second kappa shape index (κ2) is 5.17. The molecule has 1 heterocycles. The van der Waals surface area contributed by atoms with Crippen molar-refractivity contribution in [2.24, 2.45) is 0 Å². The lowest BCUT2D eigenvalue weighted by molar-refractivity contribution is 0.597. The lowest BCUT2D eigenvalue weighted by Crippen LogP contribution is -2.27. The van der Waals surface area contributed by atoms with Crippen molar-refractivity contribution in [1.29, 1.82) is 5.26 Å². The van der Waals surface area contributed by atoms with Crippen molar-refractivity contribution in [1.82, 2.24) is 0 Å². The van der Waals surface area contributed by atoms with Gasteiger partial charge in [-0.15, -0.1) is 0 Å². The molecular weight excluding hydrogens is 272 g/mol. The van der Waals surface area contributed by atoms with E-state index in [0.717, 1.165) is 5.69 Å². The summed E-state index contributed by atoms with van der Waals surface area (Å²) < 4.78 is 23.1. The predicted molar refractivity (Wildman–Crippen MR) is 71.7 cm³/mol. The lowest BCUT2D eigenvalue weighted by atomic mass is 10.1. The number of benzene rings is 1. The first-order chi connectivity index (χ1) is 8.52. The van der Waals surface area contributed by atoms with E-state index in [1.54, 1.807) is 18.2 Å². The van der Waals surface area contributed by atoms with Crippen LogP contribution in [-0.4, -0.2) is 33.0 Å². The summed E-state index contributed by atoms with van der Waals surface area (Å²) in [5, 5.41) is 9.63. The highest BCUT2D eigenvalue weighted by atomic mass is 35.5. The molecular formula is C12H13ClN2O2S. The molecule has 2 rings (SSSR count). The average Bonchev–Trinajstić information content (AvgIpc) is 2.50. The molecule has 0 aromatic heterocycles. The fourth-order valence-electron chi connectivity index (χ4n) is 2.04. The maximum absolute atomic E-state index is 11.6. The zero-order chi connectivity index (χ0) is 13.2. The van der Waals surface area contributed by atoms with Gasteiger partial charge in [0.25, 0.3) is 0 Å². The molecule has 0 bridgehead atoms. The van der Waals surface area contributed by atoms with Crippen LogP contribution in [0.3, 0.4) is 0 Å². The molecule has 18 heavy (non-hydrogen) atoms. The third-order valence-electron chi connectivity index (χ3n) is 2.98. The van der Waals surface area contributed by atoms with Gasteiger partial charge in [-0.1, -0.05) is 11.6 Å². The number of anilines is 1. The third-order valence-corrected chi connectivity index (χ3v) is 4.93. The third kappa shape index (κ3) is 2.95. The minimum Gasteiger partial charge on any atom is -0.369 e. The highest BCUT2D eigenvalue weighted by Crippen LogP contribution is 2.25. The molecule has 6 heteroatoms. The average molecular weight is 285 g/mol. The highest BCUT2D eigenvalue weighted by Gasteiger charge is 2.21. The molecule has 0 N–H and O–H groups in total. The topological polar surface area (TPSA) is 61.2 Å². The van der Waals surface area contributed by atoms with Crippen molar-refractivity contribution >= 4 is 27.1 Å². The van der Waals surface area contributed by atoms with Gasteiger partial charge in [0.05, 0.1) is 22.8 Å². The number of nitrogens with zero attached hydrogens (tertiary/aromatic N) is 2. The van der Waals surface area contributed by atoms with E-state index < -0.39 is 9.84 Å². The predicted octanol–water partition coefficient (Wildman–Crippen LogP) is 1.84. The van der Waals surface area contributed by atoms with Crippen LogP contribution in [0.5, 0.6) is 0 Å². The Morgan fingerprint density at radius 1 is 1.28 bits per heavy atom. The Kier molecular flexibility index (Phi) is 3.79. The molecule has 0 radical (unpaired) electrons. The molecule has 0 amide bonds. The summed E-state index contributed by atoms with van der Waals surface area (Å²) in [6.45, 7) is 1.05. The van der Waals surface area contributed by atoms with Crippen LogP contribution in [0.2, 0.25) is 5.02 Å². The standard InChI is InChI=1S/C12H13ClN2O2S/c13-11-3-2-10(9-14)12(8-11)15-4-1-6-18(16,17)7-5-15/h2-3,8H,1,4-7H2. The van der Waals surface area contributed by atoms with Crippen molar-refractivity contribution in [3.05, 3.63) is 28.8 Å². The molecule has 1 saturated heterocycles. The maximum atomic E-state index is 11.6. The minimum atomic E-state index is -2.95. The fraction of sp³-hybridized carbons (Fsp3) is 0.417. The van der Waals surface area contributed by atoms with Gasteiger partial charge in [-0.25, -0.2) is 8.42 Å². The van der Waals surface area contributed by atoms with Crippen LogP contribution in [0.1, 0.15) is 12.0 Å². The van der Waals surface area contributed by atoms with E-state index in [2.05, 4.69) is 6.07 Å². The van der Waals surface area contributed by atoms with Crippen molar-refractivity contribution in [2.45, 2.75) is 6.42 Å². The van der Waals surface area contributed by atoms with Crippen LogP contribution in [0, 0.1) is 11.3 Å². The van der Waals surface area contributed by atoms with Gasteiger partial charge < -0.3 is 4.90 Å². The van der Waals surface area contributed by atoms with E-state index in [4.69, 9.17) is 16.9 Å². The van der Waals surface area contributed by atoms with Gasteiger partial charge in [0.1, 0.15) is 6.07 Å². The molecule has 1 aromatic rings. The number of rotatable bonds is 1. The number of hydrogen-bond acceptors (Lipinski definition) is 4. The zero-order valence-electron chi connectivity index (χ0n) is 9.76. The van der Waals surface area contributed by atoms with Crippen LogP contribution < -0.4 is 4.90 Å². The van der Waals surface area contributed by atoms with Crippen LogP contribution >= 0.6 is 11.6 Å². The van der Waals surface area contributed by atoms with Crippen molar-refractivity contribution in [3.8, 4) is 6.07 Å². The van der Waals surface area contributed by atoms with Crippen molar-refractivity contribution < 1.29 is 8.42 Å². The Morgan fingerprint density at radius 2 is 2.06 bits per heavy atom. The molecule has 1 aliphatic heterocycles. The van der Waals surface area contributed by atoms with Crippen molar-refractivity contribution in [2.75, 3.05) is 29.5 Å². The molecule has 0 unspecified atom stereocenters. The van der Waals surface area contributed by atoms with Crippen molar-refractivity contribution in [3.63, 3.8) is 0 Å². The van der Waals surface area contributed by atoms with Gasteiger partial charge in [-0.05, 0) is 24.6 Å². The fourth-order valence-corrected chi connectivity index (χ4v) is 3.48. The Labute approximate surface area is 112 Å². The number of nitriles is 1. The quantitative estimate of drug-likeness (QED) is 0.789. The summed E-state index contributed by atoms with van der Waals surface area (Å²) in [4.78, 5) is 1.93.